The van der Waals surface area contributed by atoms with Crippen LogP contribution >= 0.6 is 0 Å². The number of urea groups is 1. The molecular formula is C30H28F2N4O5. The number of anilines is 2. The number of aromatic nitrogens is 1. The van der Waals surface area contributed by atoms with Crippen molar-refractivity contribution in [2.75, 3.05) is 31.0 Å². The van der Waals surface area contributed by atoms with Gasteiger partial charge in [-0.25, -0.2) is 13.6 Å². The van der Waals surface area contributed by atoms with Gasteiger partial charge >= 0.3 is 6.03 Å². The second-order valence-electron chi connectivity index (χ2n) is 9.55. The highest BCUT2D eigenvalue weighted by Gasteiger charge is 2.46. The van der Waals surface area contributed by atoms with E-state index in [1.165, 1.54) is 17.7 Å². The topological polar surface area (TPSA) is 102 Å². The molecule has 2 atom stereocenters. The number of hydrogen-bond acceptors (Lipinski definition) is 5. The van der Waals surface area contributed by atoms with Gasteiger partial charge in [-0.15, -0.1) is 0 Å². The van der Waals surface area contributed by atoms with E-state index < -0.39 is 46.7 Å². The third kappa shape index (κ3) is 5.30. The van der Waals surface area contributed by atoms with Crippen LogP contribution in [0.1, 0.15) is 18.4 Å². The van der Waals surface area contributed by atoms with Crippen molar-refractivity contribution in [2.24, 2.45) is 0 Å². The van der Waals surface area contributed by atoms with Crippen LogP contribution < -0.4 is 30.6 Å². The predicted octanol–water partition coefficient (Wildman–Crippen LogP) is 4.64. The molecule has 1 saturated heterocycles. The van der Waals surface area contributed by atoms with Crippen molar-refractivity contribution < 1.29 is 27.8 Å². The Labute approximate surface area is 234 Å². The number of benzene rings is 3. The molecule has 0 aliphatic carbocycles. The lowest BCUT2D eigenvalue weighted by molar-refractivity contribution is -0.118. The molecule has 0 spiro atoms. The molecular weight excluding hydrogens is 534 g/mol. The van der Waals surface area contributed by atoms with Crippen molar-refractivity contribution in [1.82, 2.24) is 9.88 Å². The fourth-order valence-corrected chi connectivity index (χ4v) is 5.12. The first-order chi connectivity index (χ1) is 19.7. The summed E-state index contributed by atoms with van der Waals surface area (Å²) < 4.78 is 42.0. The number of nitrogens with zero attached hydrogens (tertiary/aromatic N) is 2. The van der Waals surface area contributed by atoms with E-state index in [0.717, 1.165) is 27.8 Å². The zero-order valence-corrected chi connectivity index (χ0v) is 22.6. The monoisotopic (exact) mass is 562 g/mol. The van der Waals surface area contributed by atoms with E-state index in [-0.39, 0.29) is 18.0 Å². The number of halogens is 2. The molecule has 2 heterocycles. The van der Waals surface area contributed by atoms with Crippen molar-refractivity contribution in [3.8, 4) is 11.5 Å². The maximum Gasteiger partial charge on any atom is 0.319 e. The molecule has 4 aromatic rings. The molecule has 1 fully saturated rings. The molecule has 11 heteroatoms. The summed E-state index contributed by atoms with van der Waals surface area (Å²) in [5.41, 5.74) is -0.336. The van der Waals surface area contributed by atoms with E-state index in [1.807, 2.05) is 12.1 Å². The number of rotatable bonds is 7. The molecule has 2 N–H and O–H groups in total. The summed E-state index contributed by atoms with van der Waals surface area (Å²) in [6, 6.07) is 13.7. The van der Waals surface area contributed by atoms with E-state index in [9.17, 15) is 14.4 Å². The minimum Gasteiger partial charge on any atom is -0.497 e. The van der Waals surface area contributed by atoms with Crippen LogP contribution in [0.4, 0.5) is 25.0 Å². The molecule has 1 unspecified atom stereocenters. The Morgan fingerprint density at radius 1 is 0.951 bits per heavy atom. The summed E-state index contributed by atoms with van der Waals surface area (Å²) in [4.78, 5) is 41.0. The first kappa shape index (κ1) is 27.6. The van der Waals surface area contributed by atoms with Gasteiger partial charge in [0.15, 0.2) is 0 Å². The SMILES string of the molecule is CCn1cccc(N2C[C@@H](c3c(F)cc(OC)cc3F)C(NC(=O)Nc3ccc4cc(OC)ccc4c3)C2=O)c1=O. The number of pyridine rings is 1. The van der Waals surface area contributed by atoms with E-state index in [1.54, 1.807) is 50.6 Å². The smallest absolute Gasteiger partial charge is 0.319 e. The van der Waals surface area contributed by atoms with E-state index >= 15 is 8.78 Å². The molecule has 212 valence electrons. The zero-order valence-electron chi connectivity index (χ0n) is 22.6. The second kappa shape index (κ2) is 11.3. The minimum atomic E-state index is -1.37. The van der Waals surface area contributed by atoms with Crippen LogP contribution in [-0.4, -0.2) is 43.3 Å². The van der Waals surface area contributed by atoms with Gasteiger partial charge in [0.05, 0.1) is 14.2 Å². The lowest BCUT2D eigenvalue weighted by atomic mass is 9.93. The van der Waals surface area contributed by atoms with Gasteiger partial charge < -0.3 is 29.6 Å². The highest BCUT2D eigenvalue weighted by Crippen LogP contribution is 2.36. The van der Waals surface area contributed by atoms with Crippen molar-refractivity contribution in [2.45, 2.75) is 25.4 Å². The van der Waals surface area contributed by atoms with Crippen molar-refractivity contribution >= 4 is 34.1 Å². The molecule has 3 amide bonds. The van der Waals surface area contributed by atoms with E-state index in [4.69, 9.17) is 9.47 Å². The van der Waals surface area contributed by atoms with Crippen molar-refractivity contribution in [3.63, 3.8) is 0 Å². The number of nitrogens with one attached hydrogen (secondary N) is 2. The Bertz CT molecular complexity index is 1680. The maximum atomic E-state index is 15.2. The average molecular weight is 563 g/mol. The predicted molar refractivity (Wildman–Crippen MR) is 151 cm³/mol. The molecule has 3 aromatic carbocycles. The molecule has 5 rings (SSSR count). The van der Waals surface area contributed by atoms with E-state index in [0.29, 0.717) is 18.0 Å². The third-order valence-corrected chi connectivity index (χ3v) is 7.20. The van der Waals surface area contributed by atoms with Crippen molar-refractivity contribution in [1.29, 1.82) is 0 Å². The number of amides is 3. The summed E-state index contributed by atoms with van der Waals surface area (Å²) in [5.74, 6) is -3.02. The number of aryl methyl sites for hydroxylation is 1. The van der Waals surface area contributed by atoms with Gasteiger partial charge in [-0.1, -0.05) is 12.1 Å². The van der Waals surface area contributed by atoms with Gasteiger partial charge in [-0.3, -0.25) is 9.59 Å². The number of ether oxygens (including phenoxy) is 2. The van der Waals surface area contributed by atoms with Crippen LogP contribution in [0.25, 0.3) is 10.8 Å². The third-order valence-electron chi connectivity index (χ3n) is 7.20. The molecule has 0 radical (unpaired) electrons. The standard InChI is InChI=1S/C30H28F2N4O5/c1-4-35-11-5-6-25(28(35)37)36-16-22(26-23(31)14-21(41-3)15-24(26)32)27(29(36)38)34-30(39)33-19-9-7-18-13-20(40-2)10-8-17(18)12-19/h5-15,22,27H,4,16H2,1-3H3,(H2,33,34,39)/t22-,27?/m0/s1. The average Bonchev–Trinajstić information content (AvgIpc) is 3.27. The number of carbonyl (C=O) groups is 2. The molecule has 9 nitrogen and oxygen atoms in total. The molecule has 1 aliphatic heterocycles. The minimum absolute atomic E-state index is 0.0324. The Morgan fingerprint density at radius 2 is 1.63 bits per heavy atom. The van der Waals surface area contributed by atoms with Crippen LogP contribution in [0, 0.1) is 11.6 Å². The van der Waals surface area contributed by atoms with Gasteiger partial charge in [-0.05, 0) is 54.1 Å². The molecule has 0 saturated carbocycles. The lowest BCUT2D eigenvalue weighted by Crippen LogP contribution is -2.46. The van der Waals surface area contributed by atoms with Gasteiger partial charge in [0.25, 0.3) is 11.5 Å². The lowest BCUT2D eigenvalue weighted by Gasteiger charge is -2.20. The maximum absolute atomic E-state index is 15.2. The van der Waals surface area contributed by atoms with Gasteiger partial charge in [0.1, 0.15) is 34.9 Å². The Kier molecular flexibility index (Phi) is 7.60. The molecule has 0 bridgehead atoms. The zero-order chi connectivity index (χ0) is 29.3. The summed E-state index contributed by atoms with van der Waals surface area (Å²) >= 11 is 0. The quantitative estimate of drug-likeness (QED) is 0.342. The number of fused-ring (bicyclic) bond motifs is 1. The fourth-order valence-electron chi connectivity index (χ4n) is 5.12. The Morgan fingerprint density at radius 3 is 2.32 bits per heavy atom. The van der Waals surface area contributed by atoms with Crippen LogP contribution in [0.3, 0.4) is 0 Å². The van der Waals surface area contributed by atoms with Gasteiger partial charge in [0.2, 0.25) is 0 Å². The van der Waals surface area contributed by atoms with Gasteiger partial charge in [0, 0.05) is 48.6 Å². The second-order valence-corrected chi connectivity index (χ2v) is 9.55. The molecule has 41 heavy (non-hydrogen) atoms. The molecule has 1 aromatic heterocycles. The Balaban J connectivity index is 1.47. The summed E-state index contributed by atoms with van der Waals surface area (Å²) in [5, 5.41) is 7.00. The largest absolute Gasteiger partial charge is 0.497 e. The van der Waals surface area contributed by atoms with Crippen molar-refractivity contribution in [3.05, 3.63) is 94.4 Å². The normalized spacial score (nSPS) is 16.6. The highest BCUT2D eigenvalue weighted by molar-refractivity contribution is 6.04. The van der Waals surface area contributed by atoms with Gasteiger partial charge in [-0.2, -0.15) is 0 Å². The summed E-state index contributed by atoms with van der Waals surface area (Å²) in [6.45, 7) is 1.91. The van der Waals surface area contributed by atoms with Crippen LogP contribution in [-0.2, 0) is 11.3 Å². The Hall–Kier alpha value is -4.93. The van der Waals surface area contributed by atoms with Crippen LogP contribution in [0.5, 0.6) is 11.5 Å². The van der Waals surface area contributed by atoms with Crippen LogP contribution in [0.2, 0.25) is 0 Å². The first-order valence-electron chi connectivity index (χ1n) is 12.9. The highest BCUT2D eigenvalue weighted by atomic mass is 19.1. The fraction of sp³-hybridized carbons (Fsp3) is 0.233. The number of carbonyl (C=O) groups excluding carboxylic acids is 2. The summed E-state index contributed by atoms with van der Waals surface area (Å²) in [7, 11) is 2.85. The van der Waals surface area contributed by atoms with Crippen LogP contribution in [0.15, 0.2) is 71.7 Å². The molecule has 1 aliphatic rings. The number of hydrogen-bond donors (Lipinski definition) is 2. The van der Waals surface area contributed by atoms with E-state index in [2.05, 4.69) is 10.6 Å². The first-order valence-corrected chi connectivity index (χ1v) is 12.9. The summed E-state index contributed by atoms with van der Waals surface area (Å²) in [6.07, 6.45) is 1.58. The number of methoxy groups -OCH3 is 2.